The van der Waals surface area contributed by atoms with Gasteiger partial charge in [-0.05, 0) is 18.1 Å². The van der Waals surface area contributed by atoms with Gasteiger partial charge >= 0.3 is 0 Å². The lowest BCUT2D eigenvalue weighted by Crippen LogP contribution is -2.42. The van der Waals surface area contributed by atoms with Gasteiger partial charge in [-0.25, -0.2) is 0 Å². The second-order valence-electron chi connectivity index (χ2n) is 4.39. The van der Waals surface area contributed by atoms with Gasteiger partial charge in [-0.15, -0.1) is 0 Å². The first kappa shape index (κ1) is 11.0. The summed E-state index contributed by atoms with van der Waals surface area (Å²) in [5.74, 6) is 0.703. The van der Waals surface area contributed by atoms with Gasteiger partial charge < -0.3 is 10.2 Å². The molecule has 3 heteroatoms. The van der Waals surface area contributed by atoms with Crippen LogP contribution in [0.15, 0.2) is 24.3 Å². The summed E-state index contributed by atoms with van der Waals surface area (Å²) in [6, 6.07) is 7.99. The molecule has 1 unspecified atom stereocenters. The van der Waals surface area contributed by atoms with Gasteiger partial charge in [0.05, 0.1) is 17.9 Å². The van der Waals surface area contributed by atoms with Crippen molar-refractivity contribution in [2.24, 2.45) is 5.92 Å². The Balaban J connectivity index is 2.26. The third-order valence-corrected chi connectivity index (χ3v) is 3.12. The molecule has 0 aromatic heterocycles. The van der Waals surface area contributed by atoms with Crippen LogP contribution < -0.4 is 10.2 Å². The average molecular weight is 218 g/mol. The molecule has 1 aliphatic heterocycles. The molecule has 2 rings (SSSR count). The molecule has 0 aliphatic carbocycles. The normalized spacial score (nSPS) is 16.6. The number of hydrogen-bond donors (Lipinski definition) is 1. The SMILES string of the molecule is CCC(C)CN1C(=O)CNc2ccccc21. The second-order valence-corrected chi connectivity index (χ2v) is 4.39. The van der Waals surface area contributed by atoms with Crippen LogP contribution in [0.3, 0.4) is 0 Å². The first-order valence-corrected chi connectivity index (χ1v) is 5.85. The highest BCUT2D eigenvalue weighted by Gasteiger charge is 2.24. The van der Waals surface area contributed by atoms with E-state index in [1.165, 1.54) is 0 Å². The molecule has 0 radical (unpaired) electrons. The number of anilines is 2. The topological polar surface area (TPSA) is 32.3 Å². The van der Waals surface area contributed by atoms with E-state index in [-0.39, 0.29) is 5.91 Å². The lowest BCUT2D eigenvalue weighted by Gasteiger charge is -2.31. The Morgan fingerprint density at radius 3 is 2.94 bits per heavy atom. The second kappa shape index (κ2) is 4.56. The molecule has 1 heterocycles. The van der Waals surface area contributed by atoms with E-state index in [1.807, 2.05) is 29.2 Å². The molecule has 16 heavy (non-hydrogen) atoms. The largest absolute Gasteiger partial charge is 0.374 e. The van der Waals surface area contributed by atoms with Gasteiger partial charge in [-0.3, -0.25) is 4.79 Å². The zero-order chi connectivity index (χ0) is 11.5. The Kier molecular flexibility index (Phi) is 3.13. The summed E-state index contributed by atoms with van der Waals surface area (Å²) in [5, 5.41) is 3.14. The van der Waals surface area contributed by atoms with Crippen molar-refractivity contribution in [1.82, 2.24) is 0 Å². The fourth-order valence-electron chi connectivity index (χ4n) is 1.90. The number of fused-ring (bicyclic) bond motifs is 1. The number of rotatable bonds is 3. The fraction of sp³-hybridized carbons (Fsp3) is 0.462. The summed E-state index contributed by atoms with van der Waals surface area (Å²) in [7, 11) is 0. The molecule has 1 atom stereocenters. The van der Waals surface area contributed by atoms with Gasteiger partial charge in [-0.2, -0.15) is 0 Å². The van der Waals surface area contributed by atoms with Crippen LogP contribution in [0, 0.1) is 5.92 Å². The zero-order valence-electron chi connectivity index (χ0n) is 9.86. The number of para-hydroxylation sites is 2. The molecule has 1 amide bonds. The lowest BCUT2D eigenvalue weighted by molar-refractivity contribution is -0.117. The van der Waals surface area contributed by atoms with E-state index in [1.54, 1.807) is 0 Å². The molecule has 86 valence electrons. The predicted molar refractivity (Wildman–Crippen MR) is 66.7 cm³/mol. The number of benzene rings is 1. The fourth-order valence-corrected chi connectivity index (χ4v) is 1.90. The van der Waals surface area contributed by atoms with Crippen LogP contribution in [-0.2, 0) is 4.79 Å². The van der Waals surface area contributed by atoms with Crippen LogP contribution in [0.2, 0.25) is 0 Å². The summed E-state index contributed by atoms with van der Waals surface area (Å²) in [5.41, 5.74) is 2.07. The molecule has 1 aliphatic rings. The summed E-state index contributed by atoms with van der Waals surface area (Å²) in [6.07, 6.45) is 1.10. The van der Waals surface area contributed by atoms with Crippen LogP contribution in [-0.4, -0.2) is 19.0 Å². The number of amides is 1. The Hall–Kier alpha value is -1.51. The van der Waals surface area contributed by atoms with Crippen molar-refractivity contribution in [2.45, 2.75) is 20.3 Å². The Morgan fingerprint density at radius 1 is 1.44 bits per heavy atom. The lowest BCUT2D eigenvalue weighted by atomic mass is 10.1. The molecule has 0 saturated carbocycles. The van der Waals surface area contributed by atoms with Crippen molar-refractivity contribution in [3.63, 3.8) is 0 Å². The Morgan fingerprint density at radius 2 is 2.19 bits per heavy atom. The maximum Gasteiger partial charge on any atom is 0.246 e. The van der Waals surface area contributed by atoms with Crippen molar-refractivity contribution in [3.05, 3.63) is 24.3 Å². The van der Waals surface area contributed by atoms with Crippen molar-refractivity contribution in [3.8, 4) is 0 Å². The van der Waals surface area contributed by atoms with Gasteiger partial charge in [0.1, 0.15) is 0 Å². The number of carbonyl (C=O) groups is 1. The molecule has 0 saturated heterocycles. The minimum atomic E-state index is 0.166. The van der Waals surface area contributed by atoms with E-state index in [0.717, 1.165) is 24.3 Å². The monoisotopic (exact) mass is 218 g/mol. The highest BCUT2D eigenvalue weighted by Crippen LogP contribution is 2.29. The van der Waals surface area contributed by atoms with Gasteiger partial charge in [0, 0.05) is 6.54 Å². The molecule has 1 aromatic rings. The van der Waals surface area contributed by atoms with Crippen molar-refractivity contribution in [2.75, 3.05) is 23.3 Å². The molecule has 0 spiro atoms. The molecular weight excluding hydrogens is 200 g/mol. The van der Waals surface area contributed by atoms with Crippen LogP contribution in [0.5, 0.6) is 0 Å². The molecule has 3 nitrogen and oxygen atoms in total. The average Bonchev–Trinajstić information content (AvgIpc) is 2.32. The van der Waals surface area contributed by atoms with E-state index in [9.17, 15) is 4.79 Å². The van der Waals surface area contributed by atoms with Crippen molar-refractivity contribution < 1.29 is 4.79 Å². The van der Waals surface area contributed by atoms with E-state index in [4.69, 9.17) is 0 Å². The summed E-state index contributed by atoms with van der Waals surface area (Å²) >= 11 is 0. The standard InChI is InChI=1S/C13H18N2O/c1-3-10(2)9-15-12-7-5-4-6-11(12)14-8-13(15)16/h4-7,10,14H,3,8-9H2,1-2H3. The predicted octanol–water partition coefficient (Wildman–Crippen LogP) is 2.49. The van der Waals surface area contributed by atoms with E-state index >= 15 is 0 Å². The highest BCUT2D eigenvalue weighted by atomic mass is 16.2. The minimum absolute atomic E-state index is 0.166. The first-order valence-electron chi connectivity index (χ1n) is 5.85. The maximum atomic E-state index is 11.9. The first-order chi connectivity index (χ1) is 7.72. The third kappa shape index (κ3) is 2.03. The molecule has 1 N–H and O–H groups in total. The van der Waals surface area contributed by atoms with E-state index in [2.05, 4.69) is 19.2 Å². The number of hydrogen-bond acceptors (Lipinski definition) is 2. The third-order valence-electron chi connectivity index (χ3n) is 3.12. The Labute approximate surface area is 96.5 Å². The Bertz CT molecular complexity index is 389. The van der Waals surface area contributed by atoms with Crippen LogP contribution in [0.4, 0.5) is 11.4 Å². The number of nitrogens with zero attached hydrogens (tertiary/aromatic N) is 1. The smallest absolute Gasteiger partial charge is 0.246 e. The van der Waals surface area contributed by atoms with Gasteiger partial charge in [0.25, 0.3) is 0 Å². The van der Waals surface area contributed by atoms with Crippen LogP contribution in [0.25, 0.3) is 0 Å². The van der Waals surface area contributed by atoms with E-state index < -0.39 is 0 Å². The van der Waals surface area contributed by atoms with Gasteiger partial charge in [0.15, 0.2) is 0 Å². The van der Waals surface area contributed by atoms with Crippen molar-refractivity contribution in [1.29, 1.82) is 0 Å². The minimum Gasteiger partial charge on any atom is -0.374 e. The molecule has 0 fully saturated rings. The summed E-state index contributed by atoms with van der Waals surface area (Å²) in [4.78, 5) is 13.8. The summed E-state index contributed by atoms with van der Waals surface area (Å²) in [6.45, 7) is 5.56. The van der Waals surface area contributed by atoms with E-state index in [0.29, 0.717) is 12.5 Å². The molecule has 1 aromatic carbocycles. The maximum absolute atomic E-state index is 11.9. The van der Waals surface area contributed by atoms with Crippen LogP contribution >= 0.6 is 0 Å². The summed E-state index contributed by atoms with van der Waals surface area (Å²) < 4.78 is 0. The van der Waals surface area contributed by atoms with Gasteiger partial charge in [0.2, 0.25) is 5.91 Å². The number of nitrogens with one attached hydrogen (secondary N) is 1. The molecular formula is C13H18N2O. The zero-order valence-corrected chi connectivity index (χ0v) is 9.86. The number of carbonyl (C=O) groups excluding carboxylic acids is 1. The van der Waals surface area contributed by atoms with Gasteiger partial charge in [-0.1, -0.05) is 32.4 Å². The highest BCUT2D eigenvalue weighted by molar-refractivity contribution is 6.02. The molecule has 0 bridgehead atoms. The quantitative estimate of drug-likeness (QED) is 0.845. The van der Waals surface area contributed by atoms with Crippen LogP contribution in [0.1, 0.15) is 20.3 Å². The van der Waals surface area contributed by atoms with Crippen molar-refractivity contribution >= 4 is 17.3 Å².